The molecule has 0 spiro atoms. The molecule has 3 heterocycles. The van der Waals surface area contributed by atoms with Crippen molar-refractivity contribution in [2.24, 2.45) is 0 Å². The van der Waals surface area contributed by atoms with E-state index < -0.39 is 17.3 Å². The van der Waals surface area contributed by atoms with Gasteiger partial charge in [0.1, 0.15) is 5.82 Å². The Kier molecular flexibility index (Phi) is 4.79. The SMILES string of the molecule is C[C@@]1(O)CCN(c2nc(N[C@H]3C[C@H](O)C3)nc3c2cnn3-c2cccc(C(F)(F)F)c2)C1. The van der Waals surface area contributed by atoms with Crippen molar-refractivity contribution in [2.75, 3.05) is 23.3 Å². The van der Waals surface area contributed by atoms with Crippen LogP contribution in [0.2, 0.25) is 0 Å². The molecule has 1 atom stereocenters. The molecular weight excluding hydrogens is 425 g/mol. The molecule has 2 aliphatic rings. The van der Waals surface area contributed by atoms with Gasteiger partial charge in [-0.2, -0.15) is 28.2 Å². The molecule has 3 aromatic rings. The average molecular weight is 448 g/mol. The van der Waals surface area contributed by atoms with Gasteiger partial charge in [-0.05, 0) is 44.4 Å². The third kappa shape index (κ3) is 3.86. The summed E-state index contributed by atoms with van der Waals surface area (Å²) in [6, 6.07) is 4.93. The fourth-order valence-electron chi connectivity index (χ4n) is 4.22. The van der Waals surface area contributed by atoms with Crippen LogP contribution < -0.4 is 10.2 Å². The third-order valence-corrected chi connectivity index (χ3v) is 6.02. The zero-order valence-electron chi connectivity index (χ0n) is 17.3. The summed E-state index contributed by atoms with van der Waals surface area (Å²) in [6.45, 7) is 2.71. The van der Waals surface area contributed by atoms with Crippen molar-refractivity contribution in [1.82, 2.24) is 19.7 Å². The maximum atomic E-state index is 13.2. The molecule has 0 amide bonds. The number of benzene rings is 1. The number of nitrogens with zero attached hydrogens (tertiary/aromatic N) is 5. The van der Waals surface area contributed by atoms with E-state index in [1.54, 1.807) is 13.0 Å². The quantitative estimate of drug-likeness (QED) is 0.565. The molecule has 2 aromatic heterocycles. The highest BCUT2D eigenvalue weighted by Crippen LogP contribution is 2.34. The first-order valence-electron chi connectivity index (χ1n) is 10.4. The minimum atomic E-state index is -4.47. The van der Waals surface area contributed by atoms with Gasteiger partial charge in [-0.25, -0.2) is 4.68 Å². The van der Waals surface area contributed by atoms with Gasteiger partial charge in [0.05, 0.1) is 34.5 Å². The largest absolute Gasteiger partial charge is 0.416 e. The molecule has 0 radical (unpaired) electrons. The van der Waals surface area contributed by atoms with Crippen molar-refractivity contribution >= 4 is 22.8 Å². The van der Waals surface area contributed by atoms with Crippen LogP contribution in [0, 0.1) is 0 Å². The lowest BCUT2D eigenvalue weighted by Gasteiger charge is -2.32. The predicted octanol–water partition coefficient (Wildman–Crippen LogP) is 2.73. The van der Waals surface area contributed by atoms with Crippen molar-refractivity contribution in [3.63, 3.8) is 0 Å². The molecule has 1 aromatic carbocycles. The monoisotopic (exact) mass is 448 g/mol. The van der Waals surface area contributed by atoms with Gasteiger partial charge < -0.3 is 20.4 Å². The molecule has 32 heavy (non-hydrogen) atoms. The van der Waals surface area contributed by atoms with Gasteiger partial charge in [0.25, 0.3) is 0 Å². The zero-order chi connectivity index (χ0) is 22.7. The first-order chi connectivity index (χ1) is 15.1. The van der Waals surface area contributed by atoms with Gasteiger partial charge in [0.2, 0.25) is 5.95 Å². The number of fused-ring (bicyclic) bond motifs is 1. The standard InChI is InChI=1S/C21H23F3N6O2/c1-20(32)5-6-29(11-20)17-16-10-25-30(14-4-2-3-12(7-14)21(22,23)24)18(16)28-19(27-17)26-13-8-15(31)9-13/h2-4,7,10,13,15,31-32H,5-6,8-9,11H2,1H3,(H,26,27,28)/t13-,15-,20-/m1/s1. The van der Waals surface area contributed by atoms with Crippen LogP contribution >= 0.6 is 0 Å². The van der Waals surface area contributed by atoms with E-state index >= 15 is 0 Å². The molecule has 11 heteroatoms. The van der Waals surface area contributed by atoms with Crippen molar-refractivity contribution in [3.8, 4) is 5.69 Å². The number of rotatable bonds is 4. The van der Waals surface area contributed by atoms with Crippen LogP contribution in [0.25, 0.3) is 16.7 Å². The van der Waals surface area contributed by atoms with E-state index in [-0.39, 0.29) is 17.8 Å². The fraction of sp³-hybridized carbons (Fsp3) is 0.476. The highest BCUT2D eigenvalue weighted by molar-refractivity contribution is 5.89. The fourth-order valence-corrected chi connectivity index (χ4v) is 4.22. The minimum Gasteiger partial charge on any atom is -0.393 e. The third-order valence-electron chi connectivity index (χ3n) is 6.02. The summed E-state index contributed by atoms with van der Waals surface area (Å²) in [6.07, 6.45) is -1.59. The normalized spacial score (nSPS) is 25.9. The summed E-state index contributed by atoms with van der Waals surface area (Å²) >= 11 is 0. The number of β-amino-alcohol motifs (C(OH)–C–C–N with tert-alkyl or cyclic N) is 1. The number of anilines is 2. The Morgan fingerprint density at radius 1 is 1.22 bits per heavy atom. The van der Waals surface area contributed by atoms with E-state index in [9.17, 15) is 23.4 Å². The molecule has 1 aliphatic heterocycles. The smallest absolute Gasteiger partial charge is 0.393 e. The van der Waals surface area contributed by atoms with Crippen molar-refractivity contribution in [1.29, 1.82) is 0 Å². The Bertz CT molecular complexity index is 1160. The predicted molar refractivity (Wildman–Crippen MR) is 112 cm³/mol. The number of hydrogen-bond donors (Lipinski definition) is 3. The second-order valence-corrected chi connectivity index (χ2v) is 8.85. The number of halogens is 3. The molecule has 2 fully saturated rings. The summed E-state index contributed by atoms with van der Waals surface area (Å²) in [7, 11) is 0. The van der Waals surface area contributed by atoms with E-state index in [0.29, 0.717) is 55.2 Å². The second-order valence-electron chi connectivity index (χ2n) is 8.85. The number of hydrogen-bond acceptors (Lipinski definition) is 7. The van der Waals surface area contributed by atoms with Crippen LogP contribution in [0.5, 0.6) is 0 Å². The Balaban J connectivity index is 1.60. The Hall–Kier alpha value is -2.92. The molecule has 1 saturated carbocycles. The van der Waals surface area contributed by atoms with E-state index in [0.717, 1.165) is 12.1 Å². The minimum absolute atomic E-state index is 0.0157. The molecule has 1 saturated heterocycles. The summed E-state index contributed by atoms with van der Waals surface area (Å²) in [5.74, 6) is 0.873. The number of aliphatic hydroxyl groups is 2. The molecular formula is C21H23F3N6O2. The zero-order valence-corrected chi connectivity index (χ0v) is 17.3. The van der Waals surface area contributed by atoms with Crippen molar-refractivity contribution in [2.45, 2.75) is 50.1 Å². The van der Waals surface area contributed by atoms with Crippen molar-refractivity contribution in [3.05, 3.63) is 36.0 Å². The van der Waals surface area contributed by atoms with Gasteiger partial charge in [-0.3, -0.25) is 0 Å². The number of alkyl halides is 3. The van der Waals surface area contributed by atoms with Gasteiger partial charge in [-0.15, -0.1) is 0 Å². The molecule has 0 unspecified atom stereocenters. The lowest BCUT2D eigenvalue weighted by molar-refractivity contribution is -0.137. The van der Waals surface area contributed by atoms with E-state index in [1.807, 2.05) is 4.90 Å². The van der Waals surface area contributed by atoms with E-state index in [2.05, 4.69) is 20.4 Å². The van der Waals surface area contributed by atoms with E-state index in [4.69, 9.17) is 0 Å². The van der Waals surface area contributed by atoms with Gasteiger partial charge >= 0.3 is 6.18 Å². The Labute approximate surface area is 181 Å². The topological polar surface area (TPSA) is 99.3 Å². The summed E-state index contributed by atoms with van der Waals surface area (Å²) in [5, 5.41) is 28.1. The molecule has 0 bridgehead atoms. The van der Waals surface area contributed by atoms with Gasteiger partial charge in [-0.1, -0.05) is 6.07 Å². The molecule has 170 valence electrons. The van der Waals surface area contributed by atoms with Crippen LogP contribution in [-0.2, 0) is 6.18 Å². The van der Waals surface area contributed by atoms with Crippen LogP contribution in [0.4, 0.5) is 24.9 Å². The van der Waals surface area contributed by atoms with Crippen LogP contribution in [-0.4, -0.2) is 60.8 Å². The molecule has 8 nitrogen and oxygen atoms in total. The van der Waals surface area contributed by atoms with Gasteiger partial charge in [0, 0.05) is 19.1 Å². The highest BCUT2D eigenvalue weighted by atomic mass is 19.4. The maximum absolute atomic E-state index is 13.2. The molecule has 5 rings (SSSR count). The molecule has 1 aliphatic carbocycles. The number of nitrogens with one attached hydrogen (secondary N) is 1. The summed E-state index contributed by atoms with van der Waals surface area (Å²) in [4.78, 5) is 11.1. The lowest BCUT2D eigenvalue weighted by atomic mass is 9.90. The van der Waals surface area contributed by atoms with Crippen LogP contribution in [0.3, 0.4) is 0 Å². The van der Waals surface area contributed by atoms with Crippen LogP contribution in [0.1, 0.15) is 31.7 Å². The van der Waals surface area contributed by atoms with Crippen molar-refractivity contribution < 1.29 is 23.4 Å². The highest BCUT2D eigenvalue weighted by Gasteiger charge is 2.35. The maximum Gasteiger partial charge on any atom is 0.416 e. The van der Waals surface area contributed by atoms with E-state index in [1.165, 1.54) is 16.9 Å². The summed E-state index contributed by atoms with van der Waals surface area (Å²) in [5.41, 5.74) is -1.04. The Morgan fingerprint density at radius 2 is 2.00 bits per heavy atom. The first kappa shape index (κ1) is 21.0. The number of aliphatic hydroxyl groups excluding tert-OH is 1. The average Bonchev–Trinajstić information content (AvgIpc) is 3.28. The lowest BCUT2D eigenvalue weighted by Crippen LogP contribution is -2.39. The van der Waals surface area contributed by atoms with Gasteiger partial charge in [0.15, 0.2) is 5.65 Å². The second kappa shape index (κ2) is 7.31. The summed E-state index contributed by atoms with van der Waals surface area (Å²) < 4.78 is 41.1. The first-order valence-corrected chi connectivity index (χ1v) is 10.4. The van der Waals surface area contributed by atoms with Crippen LogP contribution in [0.15, 0.2) is 30.5 Å². The number of aromatic nitrogens is 4. The Morgan fingerprint density at radius 3 is 2.66 bits per heavy atom. The molecule has 3 N–H and O–H groups in total.